The summed E-state index contributed by atoms with van der Waals surface area (Å²) >= 11 is 0. The first-order chi connectivity index (χ1) is 12.6. The van der Waals surface area contributed by atoms with Crippen molar-refractivity contribution in [3.8, 4) is 23.3 Å². The Bertz CT molecular complexity index is 857. The summed E-state index contributed by atoms with van der Waals surface area (Å²) in [5.41, 5.74) is 2.00. The van der Waals surface area contributed by atoms with Gasteiger partial charge in [0.25, 0.3) is 5.91 Å². The molecule has 6 nitrogen and oxygen atoms in total. The van der Waals surface area contributed by atoms with Crippen molar-refractivity contribution in [1.82, 2.24) is 0 Å². The Morgan fingerprint density at radius 2 is 2.12 bits per heavy atom. The fourth-order valence-electron chi connectivity index (χ4n) is 2.83. The molecule has 0 bridgehead atoms. The summed E-state index contributed by atoms with van der Waals surface area (Å²) in [6, 6.07) is 12.5. The number of anilines is 1. The average molecular weight is 352 g/mol. The number of rotatable bonds is 6. The lowest BCUT2D eigenvalue weighted by atomic mass is 10.1. The molecule has 6 heteroatoms. The number of nitrogens with zero attached hydrogens (tertiary/aromatic N) is 1. The summed E-state index contributed by atoms with van der Waals surface area (Å²) in [4.78, 5) is 12.3. The molecule has 1 atom stereocenters. The second kappa shape index (κ2) is 7.79. The van der Waals surface area contributed by atoms with Gasteiger partial charge in [0.05, 0.1) is 17.9 Å². The van der Waals surface area contributed by atoms with Crippen LogP contribution in [-0.4, -0.2) is 25.2 Å². The third-order valence-electron chi connectivity index (χ3n) is 3.94. The molecule has 0 aromatic heterocycles. The topological polar surface area (TPSA) is 80.6 Å². The SMILES string of the molecule is CCOc1cc2c(cc1NC(=O)COc1ccccc1C#N)O[C@@H](C)C2. The number of ether oxygens (including phenoxy) is 3. The molecule has 3 rings (SSSR count). The molecule has 26 heavy (non-hydrogen) atoms. The van der Waals surface area contributed by atoms with Gasteiger partial charge < -0.3 is 19.5 Å². The van der Waals surface area contributed by atoms with Crippen molar-refractivity contribution in [2.45, 2.75) is 26.4 Å². The van der Waals surface area contributed by atoms with E-state index in [4.69, 9.17) is 19.5 Å². The molecule has 1 aliphatic rings. The van der Waals surface area contributed by atoms with Gasteiger partial charge in [-0.2, -0.15) is 5.26 Å². The van der Waals surface area contributed by atoms with Crippen LogP contribution < -0.4 is 19.5 Å². The van der Waals surface area contributed by atoms with E-state index in [1.165, 1.54) is 0 Å². The molecule has 2 aromatic carbocycles. The second-order valence-electron chi connectivity index (χ2n) is 5.97. The molecule has 0 saturated heterocycles. The second-order valence-corrected chi connectivity index (χ2v) is 5.97. The van der Waals surface area contributed by atoms with Crippen LogP contribution >= 0.6 is 0 Å². The van der Waals surface area contributed by atoms with E-state index in [1.54, 1.807) is 30.3 Å². The highest BCUT2D eigenvalue weighted by Crippen LogP contribution is 2.38. The van der Waals surface area contributed by atoms with Crippen LogP contribution in [0.3, 0.4) is 0 Å². The Hall–Kier alpha value is -3.20. The maximum absolute atomic E-state index is 12.3. The lowest BCUT2D eigenvalue weighted by Gasteiger charge is -2.14. The summed E-state index contributed by atoms with van der Waals surface area (Å²) in [5, 5.41) is 11.9. The Labute approximate surface area is 152 Å². The van der Waals surface area contributed by atoms with Gasteiger partial charge >= 0.3 is 0 Å². The van der Waals surface area contributed by atoms with Crippen molar-refractivity contribution < 1.29 is 19.0 Å². The number of carbonyl (C=O) groups excluding carboxylic acids is 1. The van der Waals surface area contributed by atoms with Gasteiger partial charge in [-0.3, -0.25) is 4.79 Å². The minimum Gasteiger partial charge on any atom is -0.492 e. The maximum atomic E-state index is 12.3. The zero-order valence-electron chi connectivity index (χ0n) is 14.7. The normalized spacial score (nSPS) is 14.7. The number of hydrogen-bond donors (Lipinski definition) is 1. The number of nitrogens with one attached hydrogen (secondary N) is 1. The van der Waals surface area contributed by atoms with Crippen molar-refractivity contribution in [3.05, 3.63) is 47.5 Å². The Morgan fingerprint density at radius 1 is 1.31 bits per heavy atom. The van der Waals surface area contributed by atoms with E-state index in [-0.39, 0.29) is 18.6 Å². The number of hydrogen-bond acceptors (Lipinski definition) is 5. The highest BCUT2D eigenvalue weighted by molar-refractivity contribution is 5.93. The molecule has 1 N–H and O–H groups in total. The zero-order valence-corrected chi connectivity index (χ0v) is 14.7. The smallest absolute Gasteiger partial charge is 0.262 e. The van der Waals surface area contributed by atoms with Crippen LogP contribution in [0.2, 0.25) is 0 Å². The fourth-order valence-corrected chi connectivity index (χ4v) is 2.83. The average Bonchev–Trinajstić information content (AvgIpc) is 2.99. The molecule has 0 spiro atoms. The fraction of sp³-hybridized carbons (Fsp3) is 0.300. The molecule has 0 radical (unpaired) electrons. The van der Waals surface area contributed by atoms with Crippen LogP contribution in [0.25, 0.3) is 0 Å². The Balaban J connectivity index is 1.71. The minimum atomic E-state index is -0.343. The van der Waals surface area contributed by atoms with E-state index in [9.17, 15) is 4.79 Å². The molecule has 1 heterocycles. The van der Waals surface area contributed by atoms with Crippen molar-refractivity contribution >= 4 is 11.6 Å². The van der Waals surface area contributed by atoms with Gasteiger partial charge in [0.2, 0.25) is 0 Å². The van der Waals surface area contributed by atoms with E-state index in [0.717, 1.165) is 17.7 Å². The van der Waals surface area contributed by atoms with E-state index < -0.39 is 0 Å². The summed E-state index contributed by atoms with van der Waals surface area (Å²) in [5.74, 6) is 1.40. The third kappa shape index (κ3) is 3.89. The number of para-hydroxylation sites is 1. The van der Waals surface area contributed by atoms with E-state index >= 15 is 0 Å². The predicted octanol–water partition coefficient (Wildman–Crippen LogP) is 3.30. The van der Waals surface area contributed by atoms with Gasteiger partial charge in [0, 0.05) is 18.1 Å². The summed E-state index contributed by atoms with van der Waals surface area (Å²) in [6.07, 6.45) is 0.925. The molecule has 0 fully saturated rings. The highest BCUT2D eigenvalue weighted by atomic mass is 16.5. The quantitative estimate of drug-likeness (QED) is 0.863. The molecule has 2 aromatic rings. The monoisotopic (exact) mass is 352 g/mol. The zero-order chi connectivity index (χ0) is 18.5. The lowest BCUT2D eigenvalue weighted by Crippen LogP contribution is -2.21. The number of carbonyl (C=O) groups is 1. The Morgan fingerprint density at radius 3 is 2.88 bits per heavy atom. The standard InChI is InChI=1S/C20H20N2O4/c1-3-24-19-9-15-8-13(2)26-18(15)10-16(19)22-20(23)12-25-17-7-5-4-6-14(17)11-21/h4-7,9-10,13H,3,8,12H2,1-2H3,(H,22,23)/t13-/m0/s1. The summed E-state index contributed by atoms with van der Waals surface area (Å²) in [6.45, 7) is 4.17. The molecular weight excluding hydrogens is 332 g/mol. The molecule has 0 aliphatic carbocycles. The van der Waals surface area contributed by atoms with Crippen molar-refractivity contribution in [2.75, 3.05) is 18.5 Å². The van der Waals surface area contributed by atoms with Gasteiger partial charge in [0.15, 0.2) is 6.61 Å². The molecule has 1 amide bonds. The first kappa shape index (κ1) is 17.6. The highest BCUT2D eigenvalue weighted by Gasteiger charge is 2.22. The molecule has 0 saturated carbocycles. The largest absolute Gasteiger partial charge is 0.492 e. The minimum absolute atomic E-state index is 0.108. The van der Waals surface area contributed by atoms with Gasteiger partial charge in [0.1, 0.15) is 29.4 Å². The van der Waals surface area contributed by atoms with Crippen molar-refractivity contribution in [3.63, 3.8) is 0 Å². The van der Waals surface area contributed by atoms with Crippen LogP contribution in [0.4, 0.5) is 5.69 Å². The van der Waals surface area contributed by atoms with Gasteiger partial charge in [-0.25, -0.2) is 0 Å². The van der Waals surface area contributed by atoms with Crippen LogP contribution in [0.1, 0.15) is 25.0 Å². The number of nitriles is 1. The van der Waals surface area contributed by atoms with Crippen LogP contribution in [0.15, 0.2) is 36.4 Å². The summed E-state index contributed by atoms with van der Waals surface area (Å²) < 4.78 is 16.9. The Kier molecular flexibility index (Phi) is 5.28. The predicted molar refractivity (Wildman–Crippen MR) is 96.7 cm³/mol. The van der Waals surface area contributed by atoms with Crippen molar-refractivity contribution in [1.29, 1.82) is 5.26 Å². The van der Waals surface area contributed by atoms with Gasteiger partial charge in [-0.1, -0.05) is 12.1 Å². The first-order valence-corrected chi connectivity index (χ1v) is 8.49. The van der Waals surface area contributed by atoms with E-state index in [2.05, 4.69) is 5.32 Å². The van der Waals surface area contributed by atoms with Crippen molar-refractivity contribution in [2.24, 2.45) is 0 Å². The summed E-state index contributed by atoms with van der Waals surface area (Å²) in [7, 11) is 0. The van der Waals surface area contributed by atoms with E-state index in [0.29, 0.717) is 29.4 Å². The van der Waals surface area contributed by atoms with E-state index in [1.807, 2.05) is 26.0 Å². The molecular formula is C20H20N2O4. The van der Waals surface area contributed by atoms with Crippen LogP contribution in [0.5, 0.6) is 17.2 Å². The number of benzene rings is 2. The first-order valence-electron chi connectivity index (χ1n) is 8.49. The third-order valence-corrected chi connectivity index (χ3v) is 3.94. The molecule has 0 unspecified atom stereocenters. The van der Waals surface area contributed by atoms with Crippen LogP contribution in [0, 0.1) is 11.3 Å². The maximum Gasteiger partial charge on any atom is 0.262 e. The molecule has 134 valence electrons. The van der Waals surface area contributed by atoms with Gasteiger partial charge in [-0.15, -0.1) is 0 Å². The van der Waals surface area contributed by atoms with Gasteiger partial charge in [-0.05, 0) is 32.0 Å². The van der Waals surface area contributed by atoms with Crippen LogP contribution in [-0.2, 0) is 11.2 Å². The lowest BCUT2D eigenvalue weighted by molar-refractivity contribution is -0.118. The number of fused-ring (bicyclic) bond motifs is 1. The molecule has 1 aliphatic heterocycles. The number of amides is 1.